The Bertz CT molecular complexity index is 194. The molecule has 1 rings (SSSR count). The van der Waals surface area contributed by atoms with Crippen LogP contribution in [0.25, 0.3) is 0 Å². The Balaban J connectivity index is 0.000000211. The number of hydrogen-bond donors (Lipinski definition) is 1. The number of thiazole rings is 1. The van der Waals surface area contributed by atoms with E-state index >= 15 is 0 Å². The van der Waals surface area contributed by atoms with Gasteiger partial charge in [-0.1, -0.05) is 12.7 Å². The summed E-state index contributed by atoms with van der Waals surface area (Å²) in [6.45, 7) is 3.49. The van der Waals surface area contributed by atoms with Crippen LogP contribution in [-0.4, -0.2) is 17.7 Å². The normalized spacial score (nSPS) is 7.67. The minimum atomic E-state index is -0.764. The van der Waals surface area contributed by atoms with Crippen molar-refractivity contribution in [3.05, 3.63) is 29.7 Å². The number of hydrogen-bond acceptors (Lipinski definition) is 4. The summed E-state index contributed by atoms with van der Waals surface area (Å²) in [5.74, 6) is 0. The van der Waals surface area contributed by atoms with Crippen molar-refractivity contribution in [2.45, 2.75) is 0 Å². The lowest BCUT2D eigenvalue weighted by Gasteiger charge is -1.90. The number of carbonyl (C=O) groups excluding carboxylic acids is 1. The van der Waals surface area contributed by atoms with Crippen LogP contribution in [0.1, 0.15) is 0 Å². The highest BCUT2D eigenvalue weighted by molar-refractivity contribution is 7.07. The molecule has 66 valence electrons. The van der Waals surface area contributed by atoms with Crippen molar-refractivity contribution in [2.24, 2.45) is 5.73 Å². The monoisotopic (exact) mass is 186 g/mol. The van der Waals surface area contributed by atoms with Gasteiger partial charge in [0.2, 0.25) is 0 Å². The van der Waals surface area contributed by atoms with Gasteiger partial charge < -0.3 is 10.5 Å². The highest BCUT2D eigenvalue weighted by Crippen LogP contribution is 1.85. The van der Waals surface area contributed by atoms with Crippen LogP contribution in [0.3, 0.4) is 0 Å². The summed E-state index contributed by atoms with van der Waals surface area (Å²) in [6.07, 6.45) is 2.45. The van der Waals surface area contributed by atoms with Gasteiger partial charge in [-0.2, -0.15) is 0 Å². The Kier molecular flexibility index (Phi) is 6.87. The third-order valence-corrected chi connectivity index (χ3v) is 1.21. The van der Waals surface area contributed by atoms with E-state index in [0.29, 0.717) is 0 Å². The van der Waals surface area contributed by atoms with Crippen LogP contribution in [0.15, 0.2) is 29.7 Å². The van der Waals surface area contributed by atoms with Crippen LogP contribution in [-0.2, 0) is 4.74 Å². The molecule has 0 fully saturated rings. The summed E-state index contributed by atoms with van der Waals surface area (Å²) < 4.78 is 4.21. The zero-order valence-corrected chi connectivity index (χ0v) is 7.29. The molecular weight excluding hydrogens is 176 g/mol. The summed E-state index contributed by atoms with van der Waals surface area (Å²) in [5.41, 5.74) is 6.36. The maximum Gasteiger partial charge on any atom is 0.404 e. The topological polar surface area (TPSA) is 65.2 Å². The summed E-state index contributed by atoms with van der Waals surface area (Å²) in [4.78, 5) is 13.5. The van der Waals surface area contributed by atoms with Crippen molar-refractivity contribution in [2.75, 3.05) is 6.61 Å². The van der Waals surface area contributed by atoms with Crippen molar-refractivity contribution in [1.82, 2.24) is 4.98 Å². The van der Waals surface area contributed by atoms with Gasteiger partial charge in [-0.3, -0.25) is 4.98 Å². The van der Waals surface area contributed by atoms with Gasteiger partial charge in [-0.15, -0.1) is 11.3 Å². The van der Waals surface area contributed by atoms with Crippen LogP contribution in [0.4, 0.5) is 4.79 Å². The third kappa shape index (κ3) is 8.64. The van der Waals surface area contributed by atoms with Gasteiger partial charge in [-0.05, 0) is 0 Å². The minimum Gasteiger partial charge on any atom is -0.445 e. The van der Waals surface area contributed by atoms with Gasteiger partial charge in [-0.25, -0.2) is 4.79 Å². The van der Waals surface area contributed by atoms with E-state index in [2.05, 4.69) is 22.0 Å². The van der Waals surface area contributed by atoms with Gasteiger partial charge in [0, 0.05) is 11.6 Å². The number of carbonyl (C=O) groups is 1. The first kappa shape index (κ1) is 10.6. The van der Waals surface area contributed by atoms with Crippen LogP contribution in [0, 0.1) is 0 Å². The fourth-order valence-electron chi connectivity index (χ4n) is 0.317. The van der Waals surface area contributed by atoms with E-state index in [1.165, 1.54) is 6.08 Å². The van der Waals surface area contributed by atoms with E-state index in [1.54, 1.807) is 23.0 Å². The molecular formula is C7H10N2O2S. The van der Waals surface area contributed by atoms with Crippen molar-refractivity contribution >= 4 is 17.4 Å². The SMILES string of the molecule is C=CCOC(N)=O.c1cscn1. The van der Waals surface area contributed by atoms with Gasteiger partial charge in [0.05, 0.1) is 5.51 Å². The predicted octanol–water partition coefficient (Wildman–Crippen LogP) is 1.41. The average molecular weight is 186 g/mol. The molecule has 1 aromatic heterocycles. The van der Waals surface area contributed by atoms with Gasteiger partial charge in [0.1, 0.15) is 6.61 Å². The first-order chi connectivity index (χ1) is 5.77. The Hall–Kier alpha value is -1.36. The molecule has 1 amide bonds. The zero-order chi connectivity index (χ0) is 9.23. The number of ether oxygens (including phenoxy) is 1. The van der Waals surface area contributed by atoms with E-state index in [1.807, 2.05) is 5.38 Å². The van der Waals surface area contributed by atoms with Gasteiger partial charge in [0.15, 0.2) is 0 Å². The molecule has 0 spiro atoms. The predicted molar refractivity (Wildman–Crippen MR) is 47.8 cm³/mol. The molecule has 0 aliphatic rings. The lowest BCUT2D eigenvalue weighted by atomic mass is 10.7. The number of nitrogens with zero attached hydrogens (tertiary/aromatic N) is 1. The summed E-state index contributed by atoms with van der Waals surface area (Å²) >= 11 is 1.60. The Morgan fingerprint density at radius 1 is 1.83 bits per heavy atom. The second-order valence-electron chi connectivity index (χ2n) is 1.59. The maximum atomic E-state index is 9.71. The van der Waals surface area contributed by atoms with E-state index in [0.717, 1.165) is 0 Å². The molecule has 1 heterocycles. The standard InChI is InChI=1S/C4H7NO2.C3H3NS/c1-2-3-7-4(5)6;1-2-5-3-4-1/h2H,1,3H2,(H2,5,6);1-3H. The largest absolute Gasteiger partial charge is 0.445 e. The molecule has 4 nitrogen and oxygen atoms in total. The molecule has 0 unspecified atom stereocenters. The van der Waals surface area contributed by atoms with Gasteiger partial charge in [0.25, 0.3) is 0 Å². The molecule has 5 heteroatoms. The molecule has 0 aliphatic heterocycles. The molecule has 0 saturated heterocycles. The minimum absolute atomic E-state index is 0.190. The van der Waals surface area contributed by atoms with Crippen molar-refractivity contribution in [3.8, 4) is 0 Å². The average Bonchev–Trinajstić information content (AvgIpc) is 2.57. The lowest BCUT2D eigenvalue weighted by Crippen LogP contribution is -2.12. The molecule has 0 atom stereocenters. The summed E-state index contributed by atoms with van der Waals surface area (Å²) in [6, 6.07) is 0. The first-order valence-corrected chi connectivity index (χ1v) is 4.07. The molecule has 0 saturated carbocycles. The van der Waals surface area contributed by atoms with Gasteiger partial charge >= 0.3 is 6.09 Å². The molecule has 12 heavy (non-hydrogen) atoms. The summed E-state index contributed by atoms with van der Waals surface area (Å²) in [5, 5.41) is 1.93. The maximum absolute atomic E-state index is 9.71. The second kappa shape index (κ2) is 7.74. The third-order valence-electron chi connectivity index (χ3n) is 0.691. The molecule has 1 aromatic rings. The fourth-order valence-corrected chi connectivity index (χ4v) is 0.668. The number of primary amides is 1. The summed E-state index contributed by atoms with van der Waals surface area (Å²) in [7, 11) is 0. The molecule has 2 N–H and O–H groups in total. The Morgan fingerprint density at radius 3 is 2.75 bits per heavy atom. The second-order valence-corrected chi connectivity index (χ2v) is 2.35. The Morgan fingerprint density at radius 2 is 2.58 bits per heavy atom. The van der Waals surface area contributed by atoms with Crippen molar-refractivity contribution in [3.63, 3.8) is 0 Å². The highest BCUT2D eigenvalue weighted by Gasteiger charge is 1.84. The van der Waals surface area contributed by atoms with Crippen molar-refractivity contribution in [1.29, 1.82) is 0 Å². The fraction of sp³-hybridized carbons (Fsp3) is 0.143. The van der Waals surface area contributed by atoms with E-state index in [9.17, 15) is 4.79 Å². The number of rotatable bonds is 2. The molecule has 0 bridgehead atoms. The van der Waals surface area contributed by atoms with Crippen LogP contribution in [0.2, 0.25) is 0 Å². The van der Waals surface area contributed by atoms with E-state index in [4.69, 9.17) is 0 Å². The zero-order valence-electron chi connectivity index (χ0n) is 6.47. The number of nitrogens with two attached hydrogens (primary N) is 1. The Labute approximate surface area is 74.7 Å². The van der Waals surface area contributed by atoms with Crippen LogP contribution < -0.4 is 5.73 Å². The molecule has 0 aromatic carbocycles. The van der Waals surface area contributed by atoms with E-state index < -0.39 is 6.09 Å². The van der Waals surface area contributed by atoms with Crippen molar-refractivity contribution < 1.29 is 9.53 Å². The number of aromatic nitrogens is 1. The smallest absolute Gasteiger partial charge is 0.404 e. The van der Waals surface area contributed by atoms with Crippen LogP contribution >= 0.6 is 11.3 Å². The number of amides is 1. The lowest BCUT2D eigenvalue weighted by molar-refractivity contribution is 0.169. The molecule has 0 radical (unpaired) electrons. The van der Waals surface area contributed by atoms with E-state index in [-0.39, 0.29) is 6.61 Å². The molecule has 0 aliphatic carbocycles. The highest BCUT2D eigenvalue weighted by atomic mass is 32.1. The quantitative estimate of drug-likeness (QED) is 0.710. The first-order valence-electron chi connectivity index (χ1n) is 3.12. The van der Waals surface area contributed by atoms with Crippen LogP contribution in [0.5, 0.6) is 0 Å².